The highest BCUT2D eigenvalue weighted by Gasteiger charge is 2.47. The van der Waals surface area contributed by atoms with Crippen LogP contribution in [-0.4, -0.2) is 29.7 Å². The first-order chi connectivity index (χ1) is 13.7. The molecule has 0 saturated heterocycles. The minimum Gasteiger partial charge on any atom is -0.462 e. The third-order valence-corrected chi connectivity index (χ3v) is 5.07. The number of amidine groups is 1. The van der Waals surface area contributed by atoms with Gasteiger partial charge in [-0.25, -0.2) is 15.0 Å². The zero-order valence-electron chi connectivity index (χ0n) is 15.3. The third kappa shape index (κ3) is 2.51. The summed E-state index contributed by atoms with van der Waals surface area (Å²) in [5.41, 5.74) is 9.91. The fourth-order valence-corrected chi connectivity index (χ4v) is 3.79. The Bertz CT molecular complexity index is 1080. The molecular formula is C21H18N4O3. The number of ether oxygens (including phenoxy) is 3. The molecule has 1 atom stereocenters. The van der Waals surface area contributed by atoms with E-state index in [-0.39, 0.29) is 6.02 Å². The maximum Gasteiger partial charge on any atom is 0.283 e. The van der Waals surface area contributed by atoms with Crippen molar-refractivity contribution in [3.63, 3.8) is 0 Å². The molecule has 0 unspecified atom stereocenters. The number of benzene rings is 2. The first kappa shape index (κ1) is 16.7. The second-order valence-electron chi connectivity index (χ2n) is 6.80. The Balaban J connectivity index is 1.71. The van der Waals surface area contributed by atoms with Crippen molar-refractivity contribution in [3.05, 3.63) is 71.8 Å². The largest absolute Gasteiger partial charge is 0.462 e. The highest BCUT2D eigenvalue weighted by atomic mass is 16.5. The quantitative estimate of drug-likeness (QED) is 0.758. The van der Waals surface area contributed by atoms with Gasteiger partial charge in [-0.05, 0) is 35.4 Å². The lowest BCUT2D eigenvalue weighted by Gasteiger charge is -2.34. The van der Waals surface area contributed by atoms with E-state index >= 15 is 0 Å². The molecule has 0 bridgehead atoms. The highest BCUT2D eigenvalue weighted by Crippen LogP contribution is 2.51. The maximum atomic E-state index is 6.19. The molecule has 2 N–H and O–H groups in total. The standard InChI is InChI=1S/C21H18N4O3/c1-26-10-13-2-4-18-16(6-13)21(11-27-20(22)25-21)17-7-14(3-5-19(17)28-18)15-8-23-12-24-9-15/h2-9,12H,10-11H2,1H3,(H2,22,25)/t21-/m1/s1. The van der Waals surface area contributed by atoms with E-state index in [0.717, 1.165) is 39.3 Å². The van der Waals surface area contributed by atoms with E-state index in [9.17, 15) is 0 Å². The lowest BCUT2D eigenvalue weighted by molar-refractivity contribution is 0.184. The second-order valence-corrected chi connectivity index (χ2v) is 6.80. The molecule has 0 fully saturated rings. The van der Waals surface area contributed by atoms with Crippen LogP contribution in [0, 0.1) is 0 Å². The highest BCUT2D eigenvalue weighted by molar-refractivity contribution is 5.77. The SMILES string of the molecule is COCc1ccc2c(c1)[C@]1(COC(N)=N1)c1cc(-c3cncnc3)ccc1O2. The summed E-state index contributed by atoms with van der Waals surface area (Å²) in [5, 5.41) is 0. The van der Waals surface area contributed by atoms with Crippen LogP contribution in [0.15, 0.2) is 60.1 Å². The van der Waals surface area contributed by atoms with Gasteiger partial charge >= 0.3 is 0 Å². The topological polar surface area (TPSA) is 91.9 Å². The number of nitrogens with zero attached hydrogens (tertiary/aromatic N) is 3. The average molecular weight is 374 g/mol. The van der Waals surface area contributed by atoms with E-state index in [1.54, 1.807) is 19.5 Å². The zero-order chi connectivity index (χ0) is 19.1. The number of methoxy groups -OCH3 is 1. The molecule has 2 aromatic carbocycles. The summed E-state index contributed by atoms with van der Waals surface area (Å²) in [4.78, 5) is 12.9. The molecule has 0 aliphatic carbocycles. The van der Waals surface area contributed by atoms with Crippen LogP contribution in [0.3, 0.4) is 0 Å². The molecule has 0 saturated carbocycles. The van der Waals surface area contributed by atoms with Crippen LogP contribution in [0.25, 0.3) is 11.1 Å². The van der Waals surface area contributed by atoms with Gasteiger partial charge in [0.25, 0.3) is 6.02 Å². The Morgan fingerprint density at radius 1 is 1.04 bits per heavy atom. The molecule has 140 valence electrons. The molecule has 7 heteroatoms. The first-order valence-corrected chi connectivity index (χ1v) is 8.88. The molecule has 3 aromatic rings. The molecule has 7 nitrogen and oxygen atoms in total. The van der Waals surface area contributed by atoms with Crippen molar-refractivity contribution in [2.24, 2.45) is 10.7 Å². The van der Waals surface area contributed by atoms with Crippen molar-refractivity contribution in [2.75, 3.05) is 13.7 Å². The van der Waals surface area contributed by atoms with Gasteiger partial charge in [0, 0.05) is 36.2 Å². The molecule has 1 aromatic heterocycles. The molecule has 3 heterocycles. The van der Waals surface area contributed by atoms with Crippen molar-refractivity contribution in [1.29, 1.82) is 0 Å². The van der Waals surface area contributed by atoms with Gasteiger partial charge in [-0.15, -0.1) is 0 Å². The van der Waals surface area contributed by atoms with Gasteiger partial charge in [-0.1, -0.05) is 12.1 Å². The number of hydrogen-bond acceptors (Lipinski definition) is 7. The van der Waals surface area contributed by atoms with E-state index in [1.165, 1.54) is 6.33 Å². The van der Waals surface area contributed by atoms with Crippen LogP contribution in [0.4, 0.5) is 0 Å². The van der Waals surface area contributed by atoms with Gasteiger partial charge in [0.05, 0.1) is 6.61 Å². The smallest absolute Gasteiger partial charge is 0.283 e. The number of hydrogen-bond donors (Lipinski definition) is 1. The Morgan fingerprint density at radius 3 is 2.50 bits per heavy atom. The summed E-state index contributed by atoms with van der Waals surface area (Å²) in [6, 6.07) is 12.1. The molecule has 1 spiro atoms. The summed E-state index contributed by atoms with van der Waals surface area (Å²) >= 11 is 0. The Hall–Kier alpha value is -3.45. The van der Waals surface area contributed by atoms with E-state index in [1.807, 2.05) is 36.4 Å². The number of aliphatic imine (C=N–C) groups is 1. The van der Waals surface area contributed by atoms with Gasteiger partial charge in [0.15, 0.2) is 5.54 Å². The van der Waals surface area contributed by atoms with Crippen molar-refractivity contribution < 1.29 is 14.2 Å². The van der Waals surface area contributed by atoms with Crippen molar-refractivity contribution in [3.8, 4) is 22.6 Å². The zero-order valence-corrected chi connectivity index (χ0v) is 15.3. The van der Waals surface area contributed by atoms with Gasteiger partial charge in [0.1, 0.15) is 24.4 Å². The molecule has 2 aliphatic heterocycles. The summed E-state index contributed by atoms with van der Waals surface area (Å²) in [5.74, 6) is 1.47. The summed E-state index contributed by atoms with van der Waals surface area (Å²) < 4.78 is 17.1. The maximum absolute atomic E-state index is 6.19. The van der Waals surface area contributed by atoms with Gasteiger partial charge < -0.3 is 19.9 Å². The van der Waals surface area contributed by atoms with Crippen LogP contribution in [0.1, 0.15) is 16.7 Å². The van der Waals surface area contributed by atoms with Crippen molar-refractivity contribution in [2.45, 2.75) is 12.1 Å². The average Bonchev–Trinajstić information content (AvgIpc) is 3.12. The summed E-state index contributed by atoms with van der Waals surface area (Å²) in [6.45, 7) is 0.811. The van der Waals surface area contributed by atoms with Crippen molar-refractivity contribution >= 4 is 6.02 Å². The Morgan fingerprint density at radius 2 is 1.79 bits per heavy atom. The fraction of sp³-hybridized carbons (Fsp3) is 0.190. The predicted octanol–water partition coefficient (Wildman–Crippen LogP) is 2.98. The fourth-order valence-electron chi connectivity index (χ4n) is 3.79. The lowest BCUT2D eigenvalue weighted by Crippen LogP contribution is -2.31. The minimum atomic E-state index is -0.762. The van der Waals surface area contributed by atoms with Gasteiger partial charge in [-0.2, -0.15) is 0 Å². The second kappa shape index (κ2) is 6.31. The van der Waals surface area contributed by atoms with Crippen molar-refractivity contribution in [1.82, 2.24) is 9.97 Å². The summed E-state index contributed by atoms with van der Waals surface area (Å²) in [6.07, 6.45) is 5.06. The van der Waals surface area contributed by atoms with E-state index in [0.29, 0.717) is 13.2 Å². The lowest BCUT2D eigenvalue weighted by atomic mass is 9.80. The van der Waals surface area contributed by atoms with E-state index in [2.05, 4.69) is 9.97 Å². The number of rotatable bonds is 3. The Labute approximate surface area is 161 Å². The van der Waals surface area contributed by atoms with Crippen LogP contribution in [0.2, 0.25) is 0 Å². The molecule has 2 aliphatic rings. The molecule has 0 amide bonds. The van der Waals surface area contributed by atoms with Gasteiger partial charge in [0.2, 0.25) is 0 Å². The molecular weight excluding hydrogens is 356 g/mol. The Kier molecular flexibility index (Phi) is 3.77. The van der Waals surface area contributed by atoms with Crippen LogP contribution in [0.5, 0.6) is 11.5 Å². The minimum absolute atomic E-state index is 0.171. The van der Waals surface area contributed by atoms with Crippen LogP contribution >= 0.6 is 0 Å². The number of nitrogens with two attached hydrogens (primary N) is 1. The number of aromatic nitrogens is 2. The van der Waals surface area contributed by atoms with E-state index < -0.39 is 5.54 Å². The van der Waals surface area contributed by atoms with Gasteiger partial charge in [-0.3, -0.25) is 0 Å². The number of fused-ring (bicyclic) bond motifs is 4. The molecule has 0 radical (unpaired) electrons. The third-order valence-electron chi connectivity index (χ3n) is 5.07. The first-order valence-electron chi connectivity index (χ1n) is 8.88. The molecule has 5 rings (SSSR count). The normalized spacial score (nSPS) is 19.4. The van der Waals surface area contributed by atoms with Crippen LogP contribution < -0.4 is 10.5 Å². The predicted molar refractivity (Wildman–Crippen MR) is 103 cm³/mol. The van der Waals surface area contributed by atoms with E-state index in [4.69, 9.17) is 24.9 Å². The van der Waals surface area contributed by atoms with Crippen LogP contribution in [-0.2, 0) is 21.6 Å². The monoisotopic (exact) mass is 374 g/mol. The molecule has 28 heavy (non-hydrogen) atoms. The summed E-state index contributed by atoms with van der Waals surface area (Å²) in [7, 11) is 1.67.